The van der Waals surface area contributed by atoms with Gasteiger partial charge in [-0.15, -0.1) is 0 Å². The summed E-state index contributed by atoms with van der Waals surface area (Å²) >= 11 is 0. The van der Waals surface area contributed by atoms with E-state index in [1.165, 1.54) is 0 Å². The first kappa shape index (κ1) is 18.3. The van der Waals surface area contributed by atoms with Crippen molar-refractivity contribution in [2.75, 3.05) is 42.8 Å². The Morgan fingerprint density at radius 3 is 2.86 bits per heavy atom. The zero-order chi connectivity index (χ0) is 19.7. The first-order valence-electron chi connectivity index (χ1n) is 9.31. The van der Waals surface area contributed by atoms with Gasteiger partial charge in [0.1, 0.15) is 11.4 Å². The molecule has 148 valence electrons. The van der Waals surface area contributed by atoms with E-state index in [-0.39, 0.29) is 5.91 Å². The van der Waals surface area contributed by atoms with Crippen molar-refractivity contribution in [2.24, 2.45) is 5.92 Å². The Labute approximate surface area is 163 Å². The third kappa shape index (κ3) is 3.78. The van der Waals surface area contributed by atoms with Crippen LogP contribution in [0.1, 0.15) is 18.5 Å². The van der Waals surface area contributed by atoms with Crippen molar-refractivity contribution in [2.45, 2.75) is 25.8 Å². The molecular formula is C19H24N6O3. The number of pyridine rings is 1. The molecule has 3 heterocycles. The monoisotopic (exact) mass is 384 g/mol. The van der Waals surface area contributed by atoms with E-state index >= 15 is 0 Å². The van der Waals surface area contributed by atoms with E-state index < -0.39 is 0 Å². The highest BCUT2D eigenvalue weighted by Gasteiger charge is 2.31. The molecular weight excluding hydrogens is 360 g/mol. The van der Waals surface area contributed by atoms with Crippen LogP contribution in [0.15, 0.2) is 18.3 Å². The predicted molar refractivity (Wildman–Crippen MR) is 105 cm³/mol. The summed E-state index contributed by atoms with van der Waals surface area (Å²) in [4.78, 5) is 26.8. The number of ether oxygens (including phenoxy) is 2. The van der Waals surface area contributed by atoms with Crippen LogP contribution >= 0.6 is 0 Å². The van der Waals surface area contributed by atoms with Crippen molar-refractivity contribution in [3.63, 3.8) is 0 Å². The molecule has 0 aromatic carbocycles. The molecule has 9 heteroatoms. The van der Waals surface area contributed by atoms with Gasteiger partial charge in [-0.3, -0.25) is 4.79 Å². The molecule has 2 aromatic rings. The number of rotatable bonds is 6. The molecule has 28 heavy (non-hydrogen) atoms. The molecule has 1 saturated carbocycles. The summed E-state index contributed by atoms with van der Waals surface area (Å²) in [6.07, 6.45) is 3.66. The highest BCUT2D eigenvalue weighted by Crippen LogP contribution is 2.33. The van der Waals surface area contributed by atoms with Gasteiger partial charge >= 0.3 is 0 Å². The number of nitrogens with one attached hydrogen (secondary N) is 2. The van der Waals surface area contributed by atoms with Crippen LogP contribution in [0.3, 0.4) is 0 Å². The van der Waals surface area contributed by atoms with Crippen LogP contribution in [0.4, 0.5) is 17.5 Å². The fourth-order valence-corrected chi connectivity index (χ4v) is 3.47. The second-order valence-electron chi connectivity index (χ2n) is 7.26. The molecule has 9 nitrogen and oxygen atoms in total. The van der Waals surface area contributed by atoms with Crippen LogP contribution in [-0.4, -0.2) is 54.2 Å². The summed E-state index contributed by atoms with van der Waals surface area (Å²) in [6.45, 7) is 2.84. The Bertz CT molecular complexity index is 867. The first-order valence-corrected chi connectivity index (χ1v) is 9.31. The fraction of sp³-hybridized carbons (Fsp3) is 0.474. The average molecular weight is 384 g/mol. The minimum absolute atomic E-state index is 0.0451. The van der Waals surface area contributed by atoms with Gasteiger partial charge in [-0.2, -0.15) is 4.98 Å². The minimum atomic E-state index is -0.0451. The quantitative estimate of drug-likeness (QED) is 0.778. The molecule has 0 radical (unpaired) electrons. The van der Waals surface area contributed by atoms with Gasteiger partial charge in [0.25, 0.3) is 0 Å². The molecule has 0 unspecified atom stereocenters. The third-order valence-electron chi connectivity index (χ3n) is 5.05. The van der Waals surface area contributed by atoms with Gasteiger partial charge in [0, 0.05) is 19.2 Å². The molecule has 1 amide bonds. The van der Waals surface area contributed by atoms with Gasteiger partial charge in [-0.05, 0) is 31.7 Å². The van der Waals surface area contributed by atoms with Crippen molar-refractivity contribution in [3.05, 3.63) is 24.0 Å². The van der Waals surface area contributed by atoms with Gasteiger partial charge in [-0.1, -0.05) is 0 Å². The molecule has 0 spiro atoms. The third-order valence-corrected chi connectivity index (χ3v) is 5.05. The number of hydrogen-bond donors (Lipinski definition) is 2. The number of anilines is 3. The second kappa shape index (κ2) is 7.49. The summed E-state index contributed by atoms with van der Waals surface area (Å²) in [6, 6.07) is 3.97. The lowest BCUT2D eigenvalue weighted by Gasteiger charge is -2.36. The summed E-state index contributed by atoms with van der Waals surface area (Å²) < 4.78 is 10.8. The van der Waals surface area contributed by atoms with E-state index in [1.807, 2.05) is 24.9 Å². The van der Waals surface area contributed by atoms with Crippen LogP contribution in [-0.2, 0) is 4.79 Å². The van der Waals surface area contributed by atoms with Crippen LogP contribution in [0.2, 0.25) is 0 Å². The maximum absolute atomic E-state index is 11.7. The molecule has 1 aliphatic heterocycles. The van der Waals surface area contributed by atoms with E-state index in [0.717, 1.165) is 30.1 Å². The molecule has 4 rings (SSSR count). The number of nitrogens with zero attached hydrogens (tertiary/aromatic N) is 4. The molecule has 0 saturated heterocycles. The number of aryl methyl sites for hydroxylation is 1. The van der Waals surface area contributed by atoms with E-state index in [2.05, 4.69) is 25.6 Å². The molecule has 0 bridgehead atoms. The van der Waals surface area contributed by atoms with Gasteiger partial charge in [0.05, 0.1) is 32.2 Å². The van der Waals surface area contributed by atoms with Crippen LogP contribution < -0.4 is 25.0 Å². The topological polar surface area (TPSA) is 102 Å². The number of methoxy groups -OCH3 is 1. The lowest BCUT2D eigenvalue weighted by atomic mass is 9.81. The van der Waals surface area contributed by atoms with Gasteiger partial charge in [0.15, 0.2) is 5.82 Å². The lowest BCUT2D eigenvalue weighted by molar-refractivity contribution is -0.115. The summed E-state index contributed by atoms with van der Waals surface area (Å²) in [5.74, 6) is 3.11. The minimum Gasteiger partial charge on any atom is -0.492 e. The molecule has 2 aromatic heterocycles. The lowest BCUT2D eigenvalue weighted by Crippen LogP contribution is -2.40. The molecule has 0 atom stereocenters. The van der Waals surface area contributed by atoms with E-state index in [1.54, 1.807) is 19.4 Å². The Morgan fingerprint density at radius 2 is 2.14 bits per heavy atom. The van der Waals surface area contributed by atoms with Crippen molar-refractivity contribution < 1.29 is 14.3 Å². The largest absolute Gasteiger partial charge is 0.492 e. The summed E-state index contributed by atoms with van der Waals surface area (Å²) in [7, 11) is 3.45. The number of likely N-dealkylation sites (N-methyl/N-ethyl adjacent to an activating group) is 1. The zero-order valence-electron chi connectivity index (χ0n) is 16.2. The smallest absolute Gasteiger partial charge is 0.244 e. The maximum Gasteiger partial charge on any atom is 0.244 e. The standard InChI is InChI=1S/C19H24N6O3/c1-11-17-18(25(2)9-15(26)23-17)24-19(21-11)22-13-6-12(7-13)10-28-14-4-5-16(27-3)20-8-14/h4-5,8,12-13H,6-7,9-10H2,1-3H3,(H,23,26)(H,21,22,24)/t12-,13+. The Morgan fingerprint density at radius 1 is 1.32 bits per heavy atom. The number of carbonyl (C=O) groups is 1. The Hall–Kier alpha value is -3.10. The van der Waals surface area contributed by atoms with E-state index in [9.17, 15) is 4.79 Å². The number of carbonyl (C=O) groups excluding carboxylic acids is 1. The maximum atomic E-state index is 11.7. The molecule has 2 aliphatic rings. The predicted octanol–water partition coefficient (Wildman–Crippen LogP) is 1.85. The summed E-state index contributed by atoms with van der Waals surface area (Å²) in [5, 5.41) is 6.25. The van der Waals surface area contributed by atoms with E-state index in [4.69, 9.17) is 9.47 Å². The molecule has 2 N–H and O–H groups in total. The van der Waals surface area contributed by atoms with Crippen molar-refractivity contribution in [1.29, 1.82) is 0 Å². The highest BCUT2D eigenvalue weighted by molar-refractivity contribution is 6.00. The van der Waals surface area contributed by atoms with Crippen molar-refractivity contribution >= 4 is 23.4 Å². The zero-order valence-corrected chi connectivity index (χ0v) is 16.2. The fourth-order valence-electron chi connectivity index (χ4n) is 3.47. The molecule has 1 fully saturated rings. The van der Waals surface area contributed by atoms with Crippen LogP contribution in [0.5, 0.6) is 11.6 Å². The first-order chi connectivity index (χ1) is 13.5. The van der Waals surface area contributed by atoms with Crippen LogP contribution in [0, 0.1) is 12.8 Å². The molecule has 1 aliphatic carbocycles. The van der Waals surface area contributed by atoms with Crippen LogP contribution in [0.25, 0.3) is 0 Å². The normalized spacial score (nSPS) is 20.7. The summed E-state index contributed by atoms with van der Waals surface area (Å²) in [5.41, 5.74) is 1.45. The number of amides is 1. The van der Waals surface area contributed by atoms with Gasteiger partial charge in [0.2, 0.25) is 17.7 Å². The second-order valence-corrected chi connectivity index (χ2v) is 7.26. The Balaban J connectivity index is 1.29. The van der Waals surface area contributed by atoms with Gasteiger partial charge < -0.3 is 25.0 Å². The highest BCUT2D eigenvalue weighted by atomic mass is 16.5. The number of hydrogen-bond acceptors (Lipinski definition) is 8. The van der Waals surface area contributed by atoms with Gasteiger partial charge in [-0.25, -0.2) is 9.97 Å². The van der Waals surface area contributed by atoms with Crippen molar-refractivity contribution in [1.82, 2.24) is 15.0 Å². The number of fused-ring (bicyclic) bond motifs is 1. The number of aromatic nitrogens is 3. The van der Waals surface area contributed by atoms with E-state index in [0.29, 0.717) is 42.6 Å². The van der Waals surface area contributed by atoms with Crippen molar-refractivity contribution in [3.8, 4) is 11.6 Å². The Kier molecular flexibility index (Phi) is 4.89. The SMILES string of the molecule is COc1ccc(OC[C@H]2C[C@@H](Nc3nc(C)c4c(n3)N(C)CC(=O)N4)C2)cn1. The average Bonchev–Trinajstić information content (AvgIpc) is 2.65.